The molecule has 1 aliphatic heterocycles. The number of para-hydroxylation sites is 1. The van der Waals surface area contributed by atoms with E-state index in [4.69, 9.17) is 5.73 Å². The van der Waals surface area contributed by atoms with Crippen LogP contribution in [0, 0.1) is 5.41 Å². The lowest BCUT2D eigenvalue weighted by molar-refractivity contribution is -0.129. The number of amides is 1. The number of primary amides is 1. The molecule has 1 aromatic heterocycles. The van der Waals surface area contributed by atoms with Crippen LogP contribution in [0.25, 0.3) is 10.9 Å². The van der Waals surface area contributed by atoms with Gasteiger partial charge in [0.15, 0.2) is 0 Å². The number of carbonyl (C=O) groups excluding carboxylic acids is 1. The lowest BCUT2D eigenvalue weighted by Gasteiger charge is -2.38. The van der Waals surface area contributed by atoms with Gasteiger partial charge < -0.3 is 10.3 Å². The molecule has 1 atom stereocenters. The van der Waals surface area contributed by atoms with Gasteiger partial charge in [0.1, 0.15) is 0 Å². The number of piperidine rings is 1. The van der Waals surface area contributed by atoms with Crippen LogP contribution in [0.1, 0.15) is 25.3 Å². The smallest absolute Gasteiger partial charge is 0.224 e. The number of aromatic nitrogens is 1. The molecule has 0 saturated carbocycles. The zero-order valence-corrected chi connectivity index (χ0v) is 12.8. The molecule has 1 unspecified atom stereocenters. The summed E-state index contributed by atoms with van der Waals surface area (Å²) < 4.78 is 2.17. The maximum atomic E-state index is 11.7. The van der Waals surface area contributed by atoms with Gasteiger partial charge in [-0.15, -0.1) is 0 Å². The van der Waals surface area contributed by atoms with E-state index in [1.54, 1.807) is 0 Å². The molecular formula is C17H23N3O. The van der Waals surface area contributed by atoms with Crippen LogP contribution in [0.5, 0.6) is 0 Å². The molecule has 2 aromatic rings. The molecule has 4 heteroatoms. The first-order valence-electron chi connectivity index (χ1n) is 7.55. The lowest BCUT2D eigenvalue weighted by atomic mass is 9.81. The first-order chi connectivity index (χ1) is 9.99. The monoisotopic (exact) mass is 285 g/mol. The highest BCUT2D eigenvalue weighted by Gasteiger charge is 2.36. The molecular weight excluding hydrogens is 262 g/mol. The van der Waals surface area contributed by atoms with Gasteiger partial charge in [0.2, 0.25) is 5.91 Å². The highest BCUT2D eigenvalue weighted by Crippen LogP contribution is 2.31. The molecule has 4 nitrogen and oxygen atoms in total. The van der Waals surface area contributed by atoms with Gasteiger partial charge in [-0.2, -0.15) is 0 Å². The molecule has 21 heavy (non-hydrogen) atoms. The van der Waals surface area contributed by atoms with E-state index >= 15 is 0 Å². The predicted octanol–water partition coefficient (Wildman–Crippen LogP) is 2.27. The maximum absolute atomic E-state index is 11.7. The second kappa shape index (κ2) is 5.19. The van der Waals surface area contributed by atoms with Crippen molar-refractivity contribution in [3.05, 3.63) is 36.0 Å². The molecule has 3 rings (SSSR count). The Morgan fingerprint density at radius 2 is 2.14 bits per heavy atom. The summed E-state index contributed by atoms with van der Waals surface area (Å²) in [5.41, 5.74) is 7.77. The largest absolute Gasteiger partial charge is 0.369 e. The van der Waals surface area contributed by atoms with Crippen molar-refractivity contribution in [2.45, 2.75) is 26.3 Å². The number of rotatable bonds is 3. The summed E-state index contributed by atoms with van der Waals surface area (Å²) in [5, 5.41) is 1.30. The van der Waals surface area contributed by atoms with Crippen molar-refractivity contribution in [2.24, 2.45) is 18.2 Å². The molecule has 0 bridgehead atoms. The summed E-state index contributed by atoms with van der Waals surface area (Å²) in [6, 6.07) is 8.46. The minimum Gasteiger partial charge on any atom is -0.369 e. The second-order valence-electron chi connectivity index (χ2n) is 6.52. The van der Waals surface area contributed by atoms with Gasteiger partial charge in [0.25, 0.3) is 0 Å². The van der Waals surface area contributed by atoms with Crippen LogP contribution in [0.3, 0.4) is 0 Å². The molecule has 2 N–H and O–H groups in total. The fourth-order valence-electron chi connectivity index (χ4n) is 3.47. The van der Waals surface area contributed by atoms with E-state index in [-0.39, 0.29) is 11.3 Å². The Morgan fingerprint density at radius 3 is 2.90 bits per heavy atom. The molecule has 0 radical (unpaired) electrons. The Balaban J connectivity index is 1.84. The van der Waals surface area contributed by atoms with Gasteiger partial charge in [-0.05, 0) is 37.9 Å². The minimum absolute atomic E-state index is 0.176. The van der Waals surface area contributed by atoms with Gasteiger partial charge in [-0.1, -0.05) is 18.2 Å². The molecule has 112 valence electrons. The second-order valence-corrected chi connectivity index (χ2v) is 6.52. The molecule has 0 aliphatic carbocycles. The van der Waals surface area contributed by atoms with Crippen molar-refractivity contribution in [3.8, 4) is 0 Å². The number of benzene rings is 1. The summed E-state index contributed by atoms with van der Waals surface area (Å²) in [5.74, 6) is -0.176. The Kier molecular flexibility index (Phi) is 3.49. The van der Waals surface area contributed by atoms with Crippen LogP contribution in [0.15, 0.2) is 30.5 Å². The lowest BCUT2D eigenvalue weighted by Crippen LogP contribution is -2.48. The summed E-state index contributed by atoms with van der Waals surface area (Å²) >= 11 is 0. The predicted molar refractivity (Wildman–Crippen MR) is 84.7 cm³/mol. The molecule has 0 spiro atoms. The molecule has 1 aliphatic rings. The van der Waals surface area contributed by atoms with E-state index in [1.165, 1.54) is 16.5 Å². The minimum atomic E-state index is -0.386. The topological polar surface area (TPSA) is 51.3 Å². The van der Waals surface area contributed by atoms with E-state index in [2.05, 4.69) is 47.0 Å². The van der Waals surface area contributed by atoms with Gasteiger partial charge in [0.05, 0.1) is 5.41 Å². The third-order valence-corrected chi connectivity index (χ3v) is 4.74. The van der Waals surface area contributed by atoms with Crippen LogP contribution in [0.2, 0.25) is 0 Å². The van der Waals surface area contributed by atoms with E-state index in [0.717, 1.165) is 32.5 Å². The van der Waals surface area contributed by atoms with Crippen molar-refractivity contribution in [3.63, 3.8) is 0 Å². The van der Waals surface area contributed by atoms with Gasteiger partial charge in [-0.3, -0.25) is 9.69 Å². The highest BCUT2D eigenvalue weighted by atomic mass is 16.1. The summed E-state index contributed by atoms with van der Waals surface area (Å²) in [7, 11) is 2.08. The number of hydrogen-bond acceptors (Lipinski definition) is 2. The Hall–Kier alpha value is -1.81. The first-order valence-corrected chi connectivity index (χ1v) is 7.55. The van der Waals surface area contributed by atoms with E-state index in [0.29, 0.717) is 0 Å². The van der Waals surface area contributed by atoms with Crippen molar-refractivity contribution in [2.75, 3.05) is 13.1 Å². The number of nitrogens with zero attached hydrogens (tertiary/aromatic N) is 2. The van der Waals surface area contributed by atoms with E-state index in [9.17, 15) is 4.79 Å². The zero-order valence-electron chi connectivity index (χ0n) is 12.8. The van der Waals surface area contributed by atoms with Crippen LogP contribution in [-0.4, -0.2) is 28.5 Å². The van der Waals surface area contributed by atoms with Gasteiger partial charge in [0, 0.05) is 37.2 Å². The number of aryl methyl sites for hydroxylation is 1. The number of carbonyl (C=O) groups is 1. The summed E-state index contributed by atoms with van der Waals surface area (Å²) in [4.78, 5) is 14.0. The molecule has 1 fully saturated rings. The molecule has 1 aromatic carbocycles. The van der Waals surface area contributed by atoms with Crippen LogP contribution in [-0.2, 0) is 18.4 Å². The average molecular weight is 285 g/mol. The van der Waals surface area contributed by atoms with Crippen molar-refractivity contribution in [1.82, 2.24) is 9.47 Å². The van der Waals surface area contributed by atoms with Crippen molar-refractivity contribution in [1.29, 1.82) is 0 Å². The van der Waals surface area contributed by atoms with Crippen molar-refractivity contribution < 1.29 is 4.79 Å². The zero-order chi connectivity index (χ0) is 15.0. The Bertz CT molecular complexity index is 676. The number of fused-ring (bicyclic) bond motifs is 1. The number of likely N-dealkylation sites (tertiary alicyclic amines) is 1. The fourth-order valence-corrected chi connectivity index (χ4v) is 3.47. The third-order valence-electron chi connectivity index (χ3n) is 4.74. The third kappa shape index (κ3) is 2.56. The highest BCUT2D eigenvalue weighted by molar-refractivity contribution is 5.84. The average Bonchev–Trinajstić information content (AvgIpc) is 2.76. The fraction of sp³-hybridized carbons (Fsp3) is 0.471. The molecule has 1 amide bonds. The van der Waals surface area contributed by atoms with Crippen LogP contribution in [0.4, 0.5) is 0 Å². The van der Waals surface area contributed by atoms with Gasteiger partial charge >= 0.3 is 0 Å². The number of nitrogens with two attached hydrogens (primary N) is 1. The van der Waals surface area contributed by atoms with E-state index in [1.807, 2.05) is 6.92 Å². The van der Waals surface area contributed by atoms with Gasteiger partial charge in [-0.25, -0.2) is 0 Å². The quantitative estimate of drug-likeness (QED) is 0.940. The van der Waals surface area contributed by atoms with Crippen molar-refractivity contribution >= 4 is 16.8 Å². The van der Waals surface area contributed by atoms with Crippen LogP contribution >= 0.6 is 0 Å². The standard InChI is InChI=1S/C17H23N3O/c1-17(16(18)21)8-5-9-20(12-17)11-13-10-19(2)15-7-4-3-6-14(13)15/h3-4,6-7,10H,5,8-9,11-12H2,1-2H3,(H2,18,21). The first kappa shape index (κ1) is 14.1. The normalized spacial score (nSPS) is 23.5. The number of hydrogen-bond donors (Lipinski definition) is 1. The Labute approximate surface area is 125 Å². The summed E-state index contributed by atoms with van der Waals surface area (Å²) in [6.07, 6.45) is 4.12. The SMILES string of the molecule is Cn1cc(CN2CCCC(C)(C(N)=O)C2)c2ccccc21. The van der Waals surface area contributed by atoms with Crippen LogP contribution < -0.4 is 5.73 Å². The Morgan fingerprint density at radius 1 is 1.38 bits per heavy atom. The maximum Gasteiger partial charge on any atom is 0.224 e. The van der Waals surface area contributed by atoms with E-state index < -0.39 is 0 Å². The summed E-state index contributed by atoms with van der Waals surface area (Å²) in [6.45, 7) is 4.66. The molecule has 1 saturated heterocycles. The molecule has 2 heterocycles.